The normalized spacial score (nSPS) is 24.5. The molecule has 3 aliphatic rings. The SMILES string of the molecule is Cc1cc(Cc2ccc(CCCC/C=C/[Si](C)(C)C)cc2)cc(N2C(=O)C3C4C(=O)N(C)C(=O)C4C3C2=O)c1. The molecular formula is C32H38N2O4Si. The van der Waals surface area contributed by atoms with Gasteiger partial charge in [-0.05, 0) is 73.4 Å². The molecule has 0 spiro atoms. The Morgan fingerprint density at radius 3 is 1.90 bits per heavy atom. The molecule has 4 amide bonds. The topological polar surface area (TPSA) is 74.8 Å². The van der Waals surface area contributed by atoms with Crippen LogP contribution in [0, 0.1) is 30.6 Å². The number of unbranched alkanes of at least 4 members (excludes halogenated alkanes) is 2. The molecule has 2 heterocycles. The minimum absolute atomic E-state index is 0.346. The maximum atomic E-state index is 13.3. The third-order valence-corrected chi connectivity index (χ3v) is 9.54. The number of hydrogen-bond donors (Lipinski definition) is 0. The Labute approximate surface area is 232 Å². The number of rotatable bonds is 9. The van der Waals surface area contributed by atoms with Crippen LogP contribution in [-0.2, 0) is 32.0 Å². The largest absolute Gasteiger partial charge is 0.285 e. The van der Waals surface area contributed by atoms with E-state index in [0.29, 0.717) is 12.1 Å². The van der Waals surface area contributed by atoms with Crippen molar-refractivity contribution in [3.8, 4) is 0 Å². The van der Waals surface area contributed by atoms with Gasteiger partial charge in [0, 0.05) is 7.05 Å². The molecule has 2 saturated heterocycles. The monoisotopic (exact) mass is 542 g/mol. The molecule has 0 radical (unpaired) electrons. The molecule has 0 N–H and O–H groups in total. The summed E-state index contributed by atoms with van der Waals surface area (Å²) < 4.78 is 0. The van der Waals surface area contributed by atoms with Gasteiger partial charge >= 0.3 is 0 Å². The Hall–Kier alpha value is -3.32. The molecule has 5 rings (SSSR count). The van der Waals surface area contributed by atoms with Crippen molar-refractivity contribution < 1.29 is 19.2 Å². The molecular weight excluding hydrogens is 504 g/mol. The summed E-state index contributed by atoms with van der Waals surface area (Å²) >= 11 is 0. The number of imide groups is 2. The highest BCUT2D eigenvalue weighted by molar-refractivity contribution is 6.80. The van der Waals surface area contributed by atoms with Crippen molar-refractivity contribution in [1.82, 2.24) is 4.90 Å². The number of carbonyl (C=O) groups is 4. The van der Waals surface area contributed by atoms with Crippen LogP contribution in [0.4, 0.5) is 5.69 Å². The van der Waals surface area contributed by atoms with Crippen LogP contribution in [0.3, 0.4) is 0 Å². The molecule has 1 saturated carbocycles. The summed E-state index contributed by atoms with van der Waals surface area (Å²) in [5, 5.41) is 0. The van der Waals surface area contributed by atoms with Gasteiger partial charge in [-0.25, -0.2) is 4.90 Å². The third kappa shape index (κ3) is 5.16. The van der Waals surface area contributed by atoms with Crippen LogP contribution in [0.5, 0.6) is 0 Å². The average Bonchev–Trinajstić information content (AvgIpc) is 3.15. The highest BCUT2D eigenvalue weighted by Gasteiger charge is 2.73. The van der Waals surface area contributed by atoms with Crippen LogP contribution in [0.1, 0.15) is 41.5 Å². The van der Waals surface area contributed by atoms with Crippen molar-refractivity contribution >= 4 is 37.4 Å². The van der Waals surface area contributed by atoms with Gasteiger partial charge in [0.1, 0.15) is 0 Å². The zero-order chi connectivity index (χ0) is 28.1. The number of aryl methyl sites for hydroxylation is 2. The van der Waals surface area contributed by atoms with Crippen LogP contribution < -0.4 is 4.90 Å². The molecule has 2 aromatic rings. The van der Waals surface area contributed by atoms with E-state index in [1.54, 1.807) is 0 Å². The van der Waals surface area contributed by atoms with Crippen molar-refractivity contribution in [2.75, 3.05) is 11.9 Å². The summed E-state index contributed by atoms with van der Waals surface area (Å²) in [5.74, 6) is -4.26. The smallest absolute Gasteiger partial charge is 0.238 e. The third-order valence-electron chi connectivity index (χ3n) is 8.31. The lowest BCUT2D eigenvalue weighted by Crippen LogP contribution is -2.50. The van der Waals surface area contributed by atoms with Gasteiger partial charge in [-0.3, -0.25) is 24.1 Å². The molecule has 4 unspecified atom stereocenters. The summed E-state index contributed by atoms with van der Waals surface area (Å²) in [6.07, 6.45) is 7.62. The van der Waals surface area contributed by atoms with E-state index in [4.69, 9.17) is 0 Å². The minimum atomic E-state index is -1.10. The number of anilines is 1. The first-order valence-corrected chi connectivity index (χ1v) is 17.6. The van der Waals surface area contributed by atoms with Gasteiger partial charge in [0.25, 0.3) is 0 Å². The van der Waals surface area contributed by atoms with Crippen LogP contribution in [0.2, 0.25) is 19.6 Å². The van der Waals surface area contributed by atoms with E-state index in [-0.39, 0.29) is 23.6 Å². The summed E-state index contributed by atoms with van der Waals surface area (Å²) in [6.45, 7) is 9.01. The first kappa shape index (κ1) is 27.3. The van der Waals surface area contributed by atoms with Crippen LogP contribution in [0.25, 0.3) is 0 Å². The second-order valence-electron chi connectivity index (χ2n) is 12.5. The van der Waals surface area contributed by atoms with Crippen molar-refractivity contribution in [3.63, 3.8) is 0 Å². The number of benzene rings is 2. The predicted molar refractivity (Wildman–Crippen MR) is 155 cm³/mol. The highest BCUT2D eigenvalue weighted by atomic mass is 28.3. The fourth-order valence-electron chi connectivity index (χ4n) is 6.35. The van der Waals surface area contributed by atoms with E-state index in [0.717, 1.165) is 28.9 Å². The number of hydrogen-bond acceptors (Lipinski definition) is 4. The number of amides is 4. The van der Waals surface area contributed by atoms with E-state index in [9.17, 15) is 19.2 Å². The lowest BCUT2D eigenvalue weighted by molar-refractivity contribution is -0.146. The van der Waals surface area contributed by atoms with E-state index in [1.807, 2.05) is 19.1 Å². The molecule has 0 aromatic heterocycles. The van der Waals surface area contributed by atoms with Crippen molar-refractivity contribution in [3.05, 3.63) is 76.5 Å². The molecule has 39 heavy (non-hydrogen) atoms. The Balaban J connectivity index is 1.23. The van der Waals surface area contributed by atoms with E-state index >= 15 is 0 Å². The zero-order valence-electron chi connectivity index (χ0n) is 23.6. The summed E-state index contributed by atoms with van der Waals surface area (Å²) in [4.78, 5) is 53.9. The standard InChI is InChI=1S/C32H38N2O4Si/c1-20-16-23(18-22-13-11-21(12-14-22)10-8-6-7-9-15-39(3,4)5)19-24(17-20)34-31(37)27-25-26(28(27)32(34)38)30(36)33(2)29(25)35/h9,11-17,19,25-28H,6-8,10,18H2,1-5H3/b15-9+. The maximum absolute atomic E-state index is 13.3. The number of likely N-dealkylation sites (tertiary alicyclic amines) is 1. The van der Waals surface area contributed by atoms with Gasteiger partial charge in [-0.1, -0.05) is 61.7 Å². The van der Waals surface area contributed by atoms with Gasteiger partial charge in [0.2, 0.25) is 23.6 Å². The molecule has 204 valence electrons. The summed E-state index contributed by atoms with van der Waals surface area (Å²) in [7, 11) is 0.329. The zero-order valence-corrected chi connectivity index (χ0v) is 24.6. The Morgan fingerprint density at radius 1 is 0.744 bits per heavy atom. The second kappa shape index (κ2) is 10.3. The molecule has 4 atom stereocenters. The Bertz CT molecular complexity index is 1320. The molecule has 7 heteroatoms. The molecule has 3 fully saturated rings. The van der Waals surface area contributed by atoms with Crippen molar-refractivity contribution in [2.45, 2.75) is 58.7 Å². The number of fused-ring (bicyclic) bond motifs is 4. The summed E-state index contributed by atoms with van der Waals surface area (Å²) in [5.41, 5.74) is 7.42. The number of nitrogens with zero attached hydrogens (tertiary/aromatic N) is 2. The fourth-order valence-corrected chi connectivity index (χ4v) is 7.23. The second-order valence-corrected chi connectivity index (χ2v) is 17.6. The van der Waals surface area contributed by atoms with Crippen LogP contribution >= 0.6 is 0 Å². The van der Waals surface area contributed by atoms with Gasteiger partial charge in [-0.15, -0.1) is 0 Å². The van der Waals surface area contributed by atoms with Crippen molar-refractivity contribution in [2.24, 2.45) is 23.7 Å². The quantitative estimate of drug-likeness (QED) is 0.252. The first-order valence-electron chi connectivity index (χ1n) is 14.0. The van der Waals surface area contributed by atoms with Gasteiger partial charge in [0.05, 0.1) is 37.4 Å². The molecule has 2 aliphatic heterocycles. The predicted octanol–water partition coefficient (Wildman–Crippen LogP) is 5.08. The van der Waals surface area contributed by atoms with Gasteiger partial charge in [0.15, 0.2) is 0 Å². The number of allylic oxidation sites excluding steroid dienone is 1. The highest BCUT2D eigenvalue weighted by Crippen LogP contribution is 2.56. The van der Waals surface area contributed by atoms with Crippen LogP contribution in [0.15, 0.2) is 54.2 Å². The van der Waals surface area contributed by atoms with Crippen LogP contribution in [-0.4, -0.2) is 43.7 Å². The van der Waals surface area contributed by atoms with Gasteiger partial charge in [-0.2, -0.15) is 0 Å². The van der Waals surface area contributed by atoms with E-state index < -0.39 is 31.7 Å². The lowest BCUT2D eigenvalue weighted by Gasteiger charge is -2.36. The minimum Gasteiger partial charge on any atom is -0.285 e. The van der Waals surface area contributed by atoms with E-state index in [1.165, 1.54) is 35.9 Å². The fraction of sp³-hybridized carbons (Fsp3) is 0.438. The number of carbonyl (C=O) groups excluding carboxylic acids is 4. The first-order chi connectivity index (χ1) is 18.5. The van der Waals surface area contributed by atoms with Gasteiger partial charge < -0.3 is 0 Å². The lowest BCUT2D eigenvalue weighted by atomic mass is 9.59. The molecule has 6 nitrogen and oxygen atoms in total. The molecule has 1 aliphatic carbocycles. The maximum Gasteiger partial charge on any atom is 0.238 e. The molecule has 0 bridgehead atoms. The van der Waals surface area contributed by atoms with E-state index in [2.05, 4.69) is 61.7 Å². The Morgan fingerprint density at radius 2 is 1.31 bits per heavy atom. The summed E-state index contributed by atoms with van der Waals surface area (Å²) in [6, 6.07) is 14.5. The average molecular weight is 543 g/mol. The Kier molecular flexibility index (Phi) is 7.22. The molecule has 2 aromatic carbocycles. The van der Waals surface area contributed by atoms with Crippen molar-refractivity contribution in [1.29, 1.82) is 0 Å².